The first-order valence-corrected chi connectivity index (χ1v) is 7.11. The van der Waals surface area contributed by atoms with Gasteiger partial charge in [0.1, 0.15) is 0 Å². The number of hydrogen-bond donors (Lipinski definition) is 1. The second-order valence-electron chi connectivity index (χ2n) is 5.29. The van der Waals surface area contributed by atoms with Crippen LogP contribution >= 0.6 is 0 Å². The van der Waals surface area contributed by atoms with Gasteiger partial charge in [-0.2, -0.15) is 5.26 Å². The predicted octanol–water partition coefficient (Wildman–Crippen LogP) is 2.59. The van der Waals surface area contributed by atoms with E-state index >= 15 is 0 Å². The van der Waals surface area contributed by atoms with Crippen LogP contribution in [0.25, 0.3) is 0 Å². The minimum atomic E-state index is -0.167. The molecule has 1 atom stereocenters. The summed E-state index contributed by atoms with van der Waals surface area (Å²) >= 11 is 0. The number of likely N-dealkylation sites (N-methyl/N-ethyl adjacent to an activating group) is 1. The summed E-state index contributed by atoms with van der Waals surface area (Å²) in [5, 5.41) is 11.8. The van der Waals surface area contributed by atoms with Crippen LogP contribution in [-0.2, 0) is 0 Å². The van der Waals surface area contributed by atoms with Crippen LogP contribution in [-0.4, -0.2) is 31.4 Å². The highest BCUT2D eigenvalue weighted by Crippen LogP contribution is 2.17. The molecule has 22 heavy (non-hydrogen) atoms. The molecular formula is C18H19N3O. The van der Waals surface area contributed by atoms with Crippen LogP contribution in [0.1, 0.15) is 27.5 Å². The second kappa shape index (κ2) is 7.39. The van der Waals surface area contributed by atoms with E-state index in [2.05, 4.69) is 10.2 Å². The zero-order valence-corrected chi connectivity index (χ0v) is 12.8. The van der Waals surface area contributed by atoms with Gasteiger partial charge in [0.25, 0.3) is 5.91 Å². The second-order valence-corrected chi connectivity index (χ2v) is 5.29. The number of amides is 1. The first-order valence-electron chi connectivity index (χ1n) is 7.11. The van der Waals surface area contributed by atoms with Gasteiger partial charge in [0.2, 0.25) is 0 Å². The van der Waals surface area contributed by atoms with Gasteiger partial charge in [0, 0.05) is 12.1 Å². The van der Waals surface area contributed by atoms with Gasteiger partial charge in [-0.05, 0) is 37.9 Å². The van der Waals surface area contributed by atoms with Crippen LogP contribution in [0.3, 0.4) is 0 Å². The highest BCUT2D eigenvalue weighted by atomic mass is 16.1. The molecule has 0 fully saturated rings. The molecule has 0 radical (unpaired) electrons. The van der Waals surface area contributed by atoms with E-state index in [0.717, 1.165) is 5.56 Å². The number of rotatable bonds is 5. The van der Waals surface area contributed by atoms with E-state index < -0.39 is 0 Å². The molecule has 0 saturated heterocycles. The molecule has 0 aliphatic rings. The molecule has 0 aliphatic heterocycles. The Morgan fingerprint density at radius 3 is 2.55 bits per heavy atom. The molecule has 1 amide bonds. The Labute approximate surface area is 131 Å². The van der Waals surface area contributed by atoms with Crippen LogP contribution in [0.5, 0.6) is 0 Å². The van der Waals surface area contributed by atoms with Crippen molar-refractivity contribution in [2.75, 3.05) is 20.6 Å². The van der Waals surface area contributed by atoms with Crippen LogP contribution in [0.4, 0.5) is 0 Å². The maximum absolute atomic E-state index is 12.2. The van der Waals surface area contributed by atoms with Crippen molar-refractivity contribution in [3.63, 3.8) is 0 Å². The van der Waals surface area contributed by atoms with Crippen molar-refractivity contribution >= 4 is 5.91 Å². The fourth-order valence-electron chi connectivity index (χ4n) is 2.30. The molecule has 2 aromatic rings. The summed E-state index contributed by atoms with van der Waals surface area (Å²) in [7, 11) is 3.97. The number of nitrogens with zero attached hydrogens (tertiary/aromatic N) is 2. The molecule has 0 bridgehead atoms. The molecule has 112 valence electrons. The number of benzene rings is 2. The summed E-state index contributed by atoms with van der Waals surface area (Å²) in [6, 6.07) is 18.9. The molecular weight excluding hydrogens is 274 g/mol. The van der Waals surface area contributed by atoms with Gasteiger partial charge in [-0.3, -0.25) is 4.79 Å². The van der Waals surface area contributed by atoms with Gasteiger partial charge in [0.15, 0.2) is 0 Å². The lowest BCUT2D eigenvalue weighted by Gasteiger charge is -2.25. The number of carbonyl (C=O) groups is 1. The van der Waals surface area contributed by atoms with Crippen molar-refractivity contribution in [3.05, 3.63) is 71.3 Å². The zero-order chi connectivity index (χ0) is 15.9. The van der Waals surface area contributed by atoms with E-state index in [1.165, 1.54) is 0 Å². The van der Waals surface area contributed by atoms with Crippen molar-refractivity contribution in [2.45, 2.75) is 6.04 Å². The minimum absolute atomic E-state index is 0.101. The van der Waals surface area contributed by atoms with Crippen molar-refractivity contribution < 1.29 is 4.79 Å². The zero-order valence-electron chi connectivity index (χ0n) is 12.8. The molecule has 4 heteroatoms. The monoisotopic (exact) mass is 293 g/mol. The Kier molecular flexibility index (Phi) is 5.29. The standard InChI is InChI=1S/C18H19N3O/c1-21(2)17(15-8-4-3-5-9-15)13-20-18(22)16-10-6-7-14(11-16)12-19/h3-11,17H,13H2,1-2H3,(H,20,22)/t17-/m0/s1. The Bertz CT molecular complexity index is 674. The third kappa shape index (κ3) is 3.94. The van der Waals surface area contributed by atoms with Crippen molar-refractivity contribution in [3.8, 4) is 6.07 Å². The first-order chi connectivity index (χ1) is 10.6. The van der Waals surface area contributed by atoms with Gasteiger partial charge in [0.05, 0.1) is 17.7 Å². The first kappa shape index (κ1) is 15.7. The predicted molar refractivity (Wildman–Crippen MR) is 86.4 cm³/mol. The highest BCUT2D eigenvalue weighted by molar-refractivity contribution is 5.94. The lowest BCUT2D eigenvalue weighted by Crippen LogP contribution is -2.34. The average Bonchev–Trinajstić information content (AvgIpc) is 2.55. The van der Waals surface area contributed by atoms with E-state index in [-0.39, 0.29) is 11.9 Å². The molecule has 0 spiro atoms. The number of nitriles is 1. The third-order valence-electron chi connectivity index (χ3n) is 3.52. The SMILES string of the molecule is CN(C)[C@@H](CNC(=O)c1cccc(C#N)c1)c1ccccc1. The summed E-state index contributed by atoms with van der Waals surface area (Å²) in [5.41, 5.74) is 2.14. The maximum Gasteiger partial charge on any atom is 0.251 e. The number of carbonyl (C=O) groups excluding carboxylic acids is 1. The van der Waals surface area contributed by atoms with E-state index in [4.69, 9.17) is 5.26 Å². The van der Waals surface area contributed by atoms with Gasteiger partial charge in [-0.15, -0.1) is 0 Å². The lowest BCUT2D eigenvalue weighted by molar-refractivity contribution is 0.0942. The van der Waals surface area contributed by atoms with Crippen LogP contribution in [0, 0.1) is 11.3 Å². The Morgan fingerprint density at radius 1 is 1.18 bits per heavy atom. The van der Waals surface area contributed by atoms with Gasteiger partial charge in [-0.1, -0.05) is 36.4 Å². The summed E-state index contributed by atoms with van der Waals surface area (Å²) in [4.78, 5) is 14.3. The van der Waals surface area contributed by atoms with Crippen LogP contribution in [0.2, 0.25) is 0 Å². The smallest absolute Gasteiger partial charge is 0.251 e. The van der Waals surface area contributed by atoms with Gasteiger partial charge < -0.3 is 10.2 Å². The fraction of sp³-hybridized carbons (Fsp3) is 0.222. The van der Waals surface area contributed by atoms with E-state index in [1.807, 2.05) is 50.5 Å². The van der Waals surface area contributed by atoms with Crippen molar-refractivity contribution in [1.82, 2.24) is 10.2 Å². The van der Waals surface area contributed by atoms with Gasteiger partial charge >= 0.3 is 0 Å². The van der Waals surface area contributed by atoms with Gasteiger partial charge in [-0.25, -0.2) is 0 Å². The molecule has 2 aromatic carbocycles. The van der Waals surface area contributed by atoms with Crippen LogP contribution in [0.15, 0.2) is 54.6 Å². The largest absolute Gasteiger partial charge is 0.350 e. The molecule has 1 N–H and O–H groups in total. The van der Waals surface area contributed by atoms with E-state index in [0.29, 0.717) is 17.7 Å². The topological polar surface area (TPSA) is 56.1 Å². The summed E-state index contributed by atoms with van der Waals surface area (Å²) in [5.74, 6) is -0.167. The third-order valence-corrected chi connectivity index (χ3v) is 3.52. The van der Waals surface area contributed by atoms with E-state index in [9.17, 15) is 4.79 Å². The Morgan fingerprint density at radius 2 is 1.91 bits per heavy atom. The average molecular weight is 293 g/mol. The van der Waals surface area contributed by atoms with E-state index in [1.54, 1.807) is 24.3 Å². The molecule has 0 aliphatic carbocycles. The number of hydrogen-bond acceptors (Lipinski definition) is 3. The van der Waals surface area contributed by atoms with Crippen molar-refractivity contribution in [1.29, 1.82) is 5.26 Å². The summed E-state index contributed by atoms with van der Waals surface area (Å²) in [6.45, 7) is 0.507. The molecule has 2 rings (SSSR count). The minimum Gasteiger partial charge on any atom is -0.350 e. The highest BCUT2D eigenvalue weighted by Gasteiger charge is 2.15. The normalized spacial score (nSPS) is 11.7. The molecule has 0 unspecified atom stereocenters. The summed E-state index contributed by atoms with van der Waals surface area (Å²) in [6.07, 6.45) is 0. The lowest BCUT2D eigenvalue weighted by atomic mass is 10.1. The fourth-order valence-corrected chi connectivity index (χ4v) is 2.30. The molecule has 0 heterocycles. The Balaban J connectivity index is 2.06. The molecule has 4 nitrogen and oxygen atoms in total. The molecule has 0 aromatic heterocycles. The quantitative estimate of drug-likeness (QED) is 0.922. The Hall–Kier alpha value is -2.64. The van der Waals surface area contributed by atoms with Crippen molar-refractivity contribution in [2.24, 2.45) is 0 Å². The molecule has 0 saturated carbocycles. The maximum atomic E-state index is 12.2. The van der Waals surface area contributed by atoms with Crippen LogP contribution < -0.4 is 5.32 Å². The summed E-state index contributed by atoms with van der Waals surface area (Å²) < 4.78 is 0. The number of nitrogens with one attached hydrogen (secondary N) is 1.